The van der Waals surface area contributed by atoms with Gasteiger partial charge in [0.15, 0.2) is 5.69 Å². The SMILES string of the molecule is COc1ccc2c(c1)N(C(=O)c1cn(-c3ccc(F)cc3)nn1)CC(C)O2. The first-order valence-corrected chi connectivity index (χ1v) is 8.40. The van der Waals surface area contributed by atoms with Gasteiger partial charge in [0.2, 0.25) is 0 Å². The molecule has 4 rings (SSSR count). The second-order valence-electron chi connectivity index (χ2n) is 6.20. The first-order valence-electron chi connectivity index (χ1n) is 8.40. The fraction of sp³-hybridized carbons (Fsp3) is 0.211. The standard InChI is InChI=1S/C19H17FN4O3/c1-12-10-23(17-9-15(26-2)7-8-18(17)27-12)19(25)16-11-24(22-21-16)14-5-3-13(20)4-6-14/h3-9,11-12H,10H2,1-2H3. The second-order valence-corrected chi connectivity index (χ2v) is 6.20. The van der Waals surface area contributed by atoms with E-state index in [1.54, 1.807) is 42.3 Å². The smallest absolute Gasteiger partial charge is 0.280 e. The summed E-state index contributed by atoms with van der Waals surface area (Å²) in [4.78, 5) is 14.7. The first kappa shape index (κ1) is 17.0. The average molecular weight is 368 g/mol. The van der Waals surface area contributed by atoms with Crippen molar-refractivity contribution in [3.63, 3.8) is 0 Å². The van der Waals surface area contributed by atoms with Crippen molar-refractivity contribution in [3.8, 4) is 17.2 Å². The molecule has 1 aliphatic rings. The molecule has 0 aliphatic carbocycles. The van der Waals surface area contributed by atoms with Crippen LogP contribution in [0.5, 0.6) is 11.5 Å². The van der Waals surface area contributed by atoms with E-state index >= 15 is 0 Å². The van der Waals surface area contributed by atoms with Crippen molar-refractivity contribution in [1.82, 2.24) is 15.0 Å². The predicted molar refractivity (Wildman–Crippen MR) is 96.1 cm³/mol. The number of hydrogen-bond acceptors (Lipinski definition) is 5. The minimum Gasteiger partial charge on any atom is -0.497 e. The van der Waals surface area contributed by atoms with E-state index in [1.165, 1.54) is 23.0 Å². The molecule has 0 fully saturated rings. The Labute approximate surface area is 154 Å². The number of halogens is 1. The summed E-state index contributed by atoms with van der Waals surface area (Å²) in [7, 11) is 1.56. The Bertz CT molecular complexity index is 987. The molecule has 1 atom stereocenters. The maximum absolute atomic E-state index is 13.1. The largest absolute Gasteiger partial charge is 0.497 e. The van der Waals surface area contributed by atoms with Crippen molar-refractivity contribution >= 4 is 11.6 Å². The number of aromatic nitrogens is 3. The predicted octanol–water partition coefficient (Wildman–Crippen LogP) is 2.84. The van der Waals surface area contributed by atoms with Crippen LogP contribution in [0.15, 0.2) is 48.7 Å². The molecule has 27 heavy (non-hydrogen) atoms. The van der Waals surface area contributed by atoms with Crippen molar-refractivity contribution in [2.24, 2.45) is 0 Å². The number of nitrogens with zero attached hydrogens (tertiary/aromatic N) is 4. The highest BCUT2D eigenvalue weighted by Gasteiger charge is 2.30. The molecular formula is C19H17FN4O3. The van der Waals surface area contributed by atoms with Crippen LogP contribution in [0.4, 0.5) is 10.1 Å². The van der Waals surface area contributed by atoms with Crippen LogP contribution in [0, 0.1) is 5.82 Å². The fourth-order valence-corrected chi connectivity index (χ4v) is 2.96. The molecule has 0 N–H and O–H groups in total. The average Bonchev–Trinajstić information content (AvgIpc) is 3.17. The molecule has 1 unspecified atom stereocenters. The van der Waals surface area contributed by atoms with E-state index in [-0.39, 0.29) is 23.5 Å². The van der Waals surface area contributed by atoms with Gasteiger partial charge in [0.1, 0.15) is 23.4 Å². The maximum atomic E-state index is 13.1. The second kappa shape index (κ2) is 6.71. The number of amides is 1. The topological polar surface area (TPSA) is 69.5 Å². The molecule has 0 bridgehead atoms. The van der Waals surface area contributed by atoms with E-state index in [1.807, 2.05) is 6.92 Å². The highest BCUT2D eigenvalue weighted by Crippen LogP contribution is 2.37. The van der Waals surface area contributed by atoms with Gasteiger partial charge in [-0.05, 0) is 43.3 Å². The van der Waals surface area contributed by atoms with Gasteiger partial charge in [-0.1, -0.05) is 5.21 Å². The van der Waals surface area contributed by atoms with E-state index < -0.39 is 0 Å². The Kier molecular flexibility index (Phi) is 4.23. The number of methoxy groups -OCH3 is 1. The van der Waals surface area contributed by atoms with Crippen molar-refractivity contribution in [2.45, 2.75) is 13.0 Å². The summed E-state index contributed by atoms with van der Waals surface area (Å²) in [6, 6.07) is 11.1. The third-order valence-corrected chi connectivity index (χ3v) is 4.27. The maximum Gasteiger partial charge on any atom is 0.280 e. The Hall–Kier alpha value is -3.42. The van der Waals surface area contributed by atoms with Gasteiger partial charge in [-0.2, -0.15) is 0 Å². The summed E-state index contributed by atoms with van der Waals surface area (Å²) in [5, 5.41) is 7.97. The molecule has 3 aromatic rings. The van der Waals surface area contributed by atoms with E-state index in [4.69, 9.17) is 9.47 Å². The molecule has 7 nitrogen and oxygen atoms in total. The van der Waals surface area contributed by atoms with Crippen LogP contribution in [0.3, 0.4) is 0 Å². The normalized spacial score (nSPS) is 15.8. The summed E-state index contributed by atoms with van der Waals surface area (Å²) in [5.74, 6) is 0.588. The van der Waals surface area contributed by atoms with E-state index in [0.29, 0.717) is 29.4 Å². The van der Waals surface area contributed by atoms with Crippen molar-refractivity contribution in [1.29, 1.82) is 0 Å². The zero-order valence-corrected chi connectivity index (χ0v) is 14.8. The Morgan fingerprint density at radius 2 is 2.04 bits per heavy atom. The monoisotopic (exact) mass is 368 g/mol. The lowest BCUT2D eigenvalue weighted by atomic mass is 10.1. The quantitative estimate of drug-likeness (QED) is 0.711. The number of fused-ring (bicyclic) bond motifs is 1. The molecule has 0 spiro atoms. The molecule has 8 heteroatoms. The van der Waals surface area contributed by atoms with Gasteiger partial charge in [-0.3, -0.25) is 9.69 Å². The Balaban J connectivity index is 1.66. The number of rotatable bonds is 3. The zero-order valence-electron chi connectivity index (χ0n) is 14.8. The van der Waals surface area contributed by atoms with Gasteiger partial charge in [0.05, 0.1) is 31.2 Å². The Morgan fingerprint density at radius 3 is 2.78 bits per heavy atom. The number of hydrogen-bond donors (Lipinski definition) is 0. The van der Waals surface area contributed by atoms with Crippen LogP contribution >= 0.6 is 0 Å². The van der Waals surface area contributed by atoms with Gasteiger partial charge >= 0.3 is 0 Å². The molecule has 138 valence electrons. The number of benzene rings is 2. The van der Waals surface area contributed by atoms with E-state index in [9.17, 15) is 9.18 Å². The van der Waals surface area contributed by atoms with E-state index in [2.05, 4.69) is 10.3 Å². The van der Waals surface area contributed by atoms with Crippen LogP contribution < -0.4 is 14.4 Å². The number of carbonyl (C=O) groups is 1. The molecule has 0 saturated carbocycles. The number of ether oxygens (including phenoxy) is 2. The van der Waals surface area contributed by atoms with Gasteiger partial charge in [0.25, 0.3) is 5.91 Å². The fourth-order valence-electron chi connectivity index (χ4n) is 2.96. The summed E-state index contributed by atoms with van der Waals surface area (Å²) in [6.07, 6.45) is 1.36. The molecule has 0 radical (unpaired) electrons. The van der Waals surface area contributed by atoms with Crippen molar-refractivity contribution in [2.75, 3.05) is 18.6 Å². The molecule has 1 amide bonds. The Morgan fingerprint density at radius 1 is 1.26 bits per heavy atom. The molecular weight excluding hydrogens is 351 g/mol. The summed E-state index contributed by atoms with van der Waals surface area (Å²) >= 11 is 0. The van der Waals surface area contributed by atoms with Crippen molar-refractivity contribution in [3.05, 3.63) is 60.2 Å². The van der Waals surface area contributed by atoms with Gasteiger partial charge in [0, 0.05) is 6.07 Å². The zero-order chi connectivity index (χ0) is 19.0. The molecule has 1 aromatic heterocycles. The lowest BCUT2D eigenvalue weighted by Gasteiger charge is -2.33. The third kappa shape index (κ3) is 3.21. The molecule has 1 aliphatic heterocycles. The highest BCUT2D eigenvalue weighted by molar-refractivity contribution is 6.06. The van der Waals surface area contributed by atoms with Crippen LogP contribution in [-0.2, 0) is 0 Å². The van der Waals surface area contributed by atoms with Crippen LogP contribution in [-0.4, -0.2) is 40.7 Å². The third-order valence-electron chi connectivity index (χ3n) is 4.27. The van der Waals surface area contributed by atoms with Crippen LogP contribution in [0.1, 0.15) is 17.4 Å². The molecule has 2 heterocycles. The van der Waals surface area contributed by atoms with Gasteiger partial charge in [-0.15, -0.1) is 5.10 Å². The van der Waals surface area contributed by atoms with Gasteiger partial charge in [-0.25, -0.2) is 9.07 Å². The number of carbonyl (C=O) groups excluding carboxylic acids is 1. The molecule has 0 saturated heterocycles. The first-order chi connectivity index (χ1) is 13.0. The minimum atomic E-state index is -0.344. The lowest BCUT2D eigenvalue weighted by molar-refractivity contribution is 0.0956. The van der Waals surface area contributed by atoms with Crippen LogP contribution in [0.2, 0.25) is 0 Å². The lowest BCUT2D eigenvalue weighted by Crippen LogP contribution is -2.42. The van der Waals surface area contributed by atoms with E-state index in [0.717, 1.165) is 0 Å². The van der Waals surface area contributed by atoms with Crippen molar-refractivity contribution < 1.29 is 18.7 Å². The van der Waals surface area contributed by atoms with Gasteiger partial charge < -0.3 is 9.47 Å². The van der Waals surface area contributed by atoms with Crippen LogP contribution in [0.25, 0.3) is 5.69 Å². The minimum absolute atomic E-state index is 0.165. The molecule has 2 aromatic carbocycles. The highest BCUT2D eigenvalue weighted by atomic mass is 19.1. The summed E-state index contributed by atoms with van der Waals surface area (Å²) < 4.78 is 25.6. The summed E-state index contributed by atoms with van der Waals surface area (Å²) in [6.45, 7) is 2.27. The summed E-state index contributed by atoms with van der Waals surface area (Å²) in [5.41, 5.74) is 1.41. The number of anilines is 1.